The molecule has 0 amide bonds. The average Bonchev–Trinajstić information content (AvgIpc) is 1.84. The zero-order chi connectivity index (χ0) is 9.24. The van der Waals surface area contributed by atoms with E-state index in [9.17, 15) is 0 Å². The van der Waals surface area contributed by atoms with E-state index in [1.807, 2.05) is 20.8 Å². The van der Waals surface area contributed by atoms with E-state index < -0.39 is 0 Å². The molecule has 0 aromatic heterocycles. The summed E-state index contributed by atoms with van der Waals surface area (Å²) >= 11 is 0. The summed E-state index contributed by atoms with van der Waals surface area (Å²) in [7, 11) is 0. The minimum absolute atomic E-state index is 0.167. The van der Waals surface area contributed by atoms with Gasteiger partial charge in [-0.1, -0.05) is 0 Å². The molecule has 0 unspecified atom stereocenters. The van der Waals surface area contributed by atoms with Crippen LogP contribution in [0.2, 0.25) is 0 Å². The molecular formula is C9H15NO2. The van der Waals surface area contributed by atoms with Crippen LogP contribution in [0.25, 0.3) is 0 Å². The number of nitrogens with zero attached hydrogens (tertiary/aromatic N) is 1. The van der Waals surface area contributed by atoms with Crippen LogP contribution >= 0.6 is 0 Å². The predicted octanol–water partition coefficient (Wildman–Crippen LogP) is 1.34. The molecule has 0 aromatic carbocycles. The predicted molar refractivity (Wildman–Crippen MR) is 44.6 cm³/mol. The van der Waals surface area contributed by atoms with Gasteiger partial charge >= 0.3 is 0 Å². The van der Waals surface area contributed by atoms with Gasteiger partial charge in [-0.3, -0.25) is 0 Å². The summed E-state index contributed by atoms with van der Waals surface area (Å²) in [5.41, 5.74) is -0.535. The molecule has 1 fully saturated rings. The monoisotopic (exact) mass is 169 g/mol. The van der Waals surface area contributed by atoms with Crippen molar-refractivity contribution >= 4 is 0 Å². The zero-order valence-corrected chi connectivity index (χ0v) is 7.89. The first kappa shape index (κ1) is 9.50. The van der Waals surface area contributed by atoms with Crippen molar-refractivity contribution in [2.45, 2.75) is 26.4 Å². The Kier molecular flexibility index (Phi) is 2.41. The first-order chi connectivity index (χ1) is 5.47. The number of hydrogen-bond acceptors (Lipinski definition) is 3. The molecule has 1 aliphatic heterocycles. The molecule has 0 saturated carbocycles. The van der Waals surface area contributed by atoms with Gasteiger partial charge in [-0.25, -0.2) is 0 Å². The second kappa shape index (κ2) is 3.04. The van der Waals surface area contributed by atoms with Gasteiger partial charge in [-0.2, -0.15) is 5.26 Å². The fraction of sp³-hybridized carbons (Fsp3) is 0.889. The Morgan fingerprint density at radius 1 is 1.50 bits per heavy atom. The Morgan fingerprint density at radius 3 is 2.33 bits per heavy atom. The van der Waals surface area contributed by atoms with Gasteiger partial charge in [-0.15, -0.1) is 0 Å². The number of rotatable bonds is 2. The Morgan fingerprint density at radius 2 is 2.08 bits per heavy atom. The summed E-state index contributed by atoms with van der Waals surface area (Å²) in [4.78, 5) is 0. The van der Waals surface area contributed by atoms with Gasteiger partial charge in [0.05, 0.1) is 31.5 Å². The molecule has 1 aliphatic rings. The lowest BCUT2D eigenvalue weighted by molar-refractivity contribution is -0.141. The van der Waals surface area contributed by atoms with Crippen molar-refractivity contribution in [1.82, 2.24) is 0 Å². The first-order valence-electron chi connectivity index (χ1n) is 4.10. The van der Waals surface area contributed by atoms with Crippen LogP contribution in [0.4, 0.5) is 0 Å². The topological polar surface area (TPSA) is 42.2 Å². The Bertz CT molecular complexity index is 196. The molecule has 1 saturated heterocycles. The minimum Gasteiger partial charge on any atom is -0.378 e. The highest BCUT2D eigenvalue weighted by Gasteiger charge is 2.40. The van der Waals surface area contributed by atoms with Gasteiger partial charge < -0.3 is 9.47 Å². The third kappa shape index (κ3) is 2.20. The second-order valence-corrected chi connectivity index (χ2v) is 4.29. The molecule has 0 aromatic rings. The smallest absolute Gasteiger partial charge is 0.127 e. The molecule has 0 spiro atoms. The summed E-state index contributed by atoms with van der Waals surface area (Å²) in [6.07, 6.45) is 0. The third-order valence-electron chi connectivity index (χ3n) is 1.78. The molecular weight excluding hydrogens is 154 g/mol. The average molecular weight is 169 g/mol. The fourth-order valence-corrected chi connectivity index (χ4v) is 0.883. The maximum Gasteiger partial charge on any atom is 0.127 e. The lowest BCUT2D eigenvalue weighted by atomic mass is 9.89. The normalized spacial score (nSPS) is 21.2. The Balaban J connectivity index is 2.36. The van der Waals surface area contributed by atoms with Crippen molar-refractivity contribution in [1.29, 1.82) is 5.26 Å². The Hall–Kier alpha value is -0.590. The van der Waals surface area contributed by atoms with Gasteiger partial charge in [-0.05, 0) is 20.8 Å². The molecule has 0 N–H and O–H groups in total. The highest BCUT2D eigenvalue weighted by molar-refractivity contribution is 5.04. The summed E-state index contributed by atoms with van der Waals surface area (Å²) in [6, 6.07) is 2.24. The molecule has 1 heterocycles. The molecule has 0 aliphatic carbocycles. The molecule has 0 atom stereocenters. The van der Waals surface area contributed by atoms with E-state index in [0.717, 1.165) is 0 Å². The van der Waals surface area contributed by atoms with E-state index in [1.54, 1.807) is 0 Å². The minimum atomic E-state index is -0.368. The largest absolute Gasteiger partial charge is 0.378 e. The first-order valence-corrected chi connectivity index (χ1v) is 4.10. The lowest BCUT2D eigenvalue weighted by Crippen LogP contribution is -2.46. The van der Waals surface area contributed by atoms with Crippen LogP contribution in [0.3, 0.4) is 0 Å². The fourth-order valence-electron chi connectivity index (χ4n) is 0.883. The summed E-state index contributed by atoms with van der Waals surface area (Å²) in [6.45, 7) is 7.46. The van der Waals surface area contributed by atoms with Crippen molar-refractivity contribution in [3.8, 4) is 6.07 Å². The van der Waals surface area contributed by atoms with Gasteiger partial charge in [0, 0.05) is 0 Å². The van der Waals surface area contributed by atoms with Crippen molar-refractivity contribution in [2.75, 3.05) is 19.8 Å². The van der Waals surface area contributed by atoms with Crippen LogP contribution < -0.4 is 0 Å². The number of nitriles is 1. The van der Waals surface area contributed by atoms with Crippen molar-refractivity contribution < 1.29 is 9.47 Å². The van der Waals surface area contributed by atoms with E-state index in [0.29, 0.717) is 19.8 Å². The van der Waals surface area contributed by atoms with Crippen molar-refractivity contribution in [2.24, 2.45) is 5.41 Å². The van der Waals surface area contributed by atoms with Crippen molar-refractivity contribution in [3.05, 3.63) is 0 Å². The standard InChI is InChI=1S/C9H15NO2/c1-8(2,3)12-7-9(4-10)5-11-6-9/h5-7H2,1-3H3. The second-order valence-electron chi connectivity index (χ2n) is 4.29. The maximum atomic E-state index is 8.82. The van der Waals surface area contributed by atoms with Crippen LogP contribution in [0.5, 0.6) is 0 Å². The molecule has 0 radical (unpaired) electrons. The lowest BCUT2D eigenvalue weighted by Gasteiger charge is -2.36. The zero-order valence-electron chi connectivity index (χ0n) is 7.89. The van der Waals surface area contributed by atoms with E-state index in [1.165, 1.54) is 0 Å². The van der Waals surface area contributed by atoms with Crippen LogP contribution in [0.15, 0.2) is 0 Å². The highest BCUT2D eigenvalue weighted by atomic mass is 16.5. The van der Waals surface area contributed by atoms with Crippen LogP contribution in [-0.4, -0.2) is 25.4 Å². The van der Waals surface area contributed by atoms with E-state index in [-0.39, 0.29) is 11.0 Å². The maximum absolute atomic E-state index is 8.82. The number of hydrogen-bond donors (Lipinski definition) is 0. The van der Waals surface area contributed by atoms with Crippen LogP contribution in [-0.2, 0) is 9.47 Å². The number of ether oxygens (including phenoxy) is 2. The third-order valence-corrected chi connectivity index (χ3v) is 1.78. The van der Waals surface area contributed by atoms with Gasteiger partial charge in [0.2, 0.25) is 0 Å². The summed E-state index contributed by atoms with van der Waals surface area (Å²) < 4.78 is 10.5. The summed E-state index contributed by atoms with van der Waals surface area (Å²) in [5, 5.41) is 8.82. The van der Waals surface area contributed by atoms with Gasteiger partial charge in [0.15, 0.2) is 0 Å². The van der Waals surface area contributed by atoms with Gasteiger partial charge in [0.1, 0.15) is 5.41 Å². The molecule has 3 heteroatoms. The molecule has 12 heavy (non-hydrogen) atoms. The summed E-state index contributed by atoms with van der Waals surface area (Å²) in [5.74, 6) is 0. The van der Waals surface area contributed by atoms with Crippen molar-refractivity contribution in [3.63, 3.8) is 0 Å². The van der Waals surface area contributed by atoms with Crippen LogP contribution in [0, 0.1) is 16.7 Å². The molecule has 68 valence electrons. The van der Waals surface area contributed by atoms with Gasteiger partial charge in [0.25, 0.3) is 0 Å². The quantitative estimate of drug-likeness (QED) is 0.626. The van der Waals surface area contributed by atoms with E-state index >= 15 is 0 Å². The van der Waals surface area contributed by atoms with E-state index in [2.05, 4.69) is 6.07 Å². The highest BCUT2D eigenvalue weighted by Crippen LogP contribution is 2.28. The Labute approximate surface area is 73.3 Å². The molecule has 3 nitrogen and oxygen atoms in total. The van der Waals surface area contributed by atoms with E-state index in [4.69, 9.17) is 14.7 Å². The molecule has 1 rings (SSSR count). The SMILES string of the molecule is CC(C)(C)OCC1(C#N)COC1. The molecule has 0 bridgehead atoms. The van der Waals surface area contributed by atoms with Crippen LogP contribution in [0.1, 0.15) is 20.8 Å².